The number of halogens is 1. The lowest BCUT2D eigenvalue weighted by molar-refractivity contribution is -0.152. The monoisotopic (exact) mass is 568 g/mol. The Morgan fingerprint density at radius 1 is 1.11 bits per heavy atom. The summed E-state index contributed by atoms with van der Waals surface area (Å²) in [6.45, 7) is 4.32. The zero-order valence-corrected chi connectivity index (χ0v) is 23.0. The van der Waals surface area contributed by atoms with Gasteiger partial charge in [0.15, 0.2) is 11.2 Å². The molecule has 1 aliphatic carbocycles. The summed E-state index contributed by atoms with van der Waals surface area (Å²) in [6.07, 6.45) is 1.89. The predicted molar refractivity (Wildman–Crippen MR) is 144 cm³/mol. The first kappa shape index (κ1) is 26.1. The molecule has 1 aromatic heterocycles. The molecule has 3 aromatic rings. The van der Waals surface area contributed by atoms with Gasteiger partial charge in [0, 0.05) is 29.4 Å². The van der Waals surface area contributed by atoms with Crippen LogP contribution in [0.3, 0.4) is 0 Å². The van der Waals surface area contributed by atoms with Crippen LogP contribution in [0.1, 0.15) is 36.5 Å². The molecule has 0 radical (unpaired) electrons. The fraction of sp³-hybridized carbons (Fsp3) is 0.414. The topological polar surface area (TPSA) is 95.3 Å². The lowest BCUT2D eigenvalue weighted by Crippen LogP contribution is -2.52. The standard InChI is InChI=1S/C29H33BrN2O5/c1-27(2,34)17-32(3)16-21-24(18-8-6-5-7-9-18)29(19-10-12-20(30)13-11-19)28(35,26(21)33)25-22(36-4)14-31-15-23(25)37-29/h5-15,21,24,26,33-35H,16-17H2,1-4H3/t21-,24-,26-,28+,29+/m1/s1. The smallest absolute Gasteiger partial charge is 0.177 e. The third kappa shape index (κ3) is 4.06. The number of hydrogen-bond donors (Lipinski definition) is 3. The average molecular weight is 569 g/mol. The molecule has 0 saturated heterocycles. The Kier molecular flexibility index (Phi) is 6.61. The maximum Gasteiger partial charge on any atom is 0.177 e. The summed E-state index contributed by atoms with van der Waals surface area (Å²) in [4.78, 5) is 6.26. The fourth-order valence-corrected chi connectivity index (χ4v) is 6.78. The van der Waals surface area contributed by atoms with Gasteiger partial charge < -0.3 is 29.7 Å². The second-order valence-electron chi connectivity index (χ2n) is 10.8. The second-order valence-corrected chi connectivity index (χ2v) is 11.7. The van der Waals surface area contributed by atoms with Crippen LogP contribution in [0.25, 0.3) is 0 Å². The van der Waals surface area contributed by atoms with Crippen LogP contribution in [0.15, 0.2) is 71.5 Å². The lowest BCUT2D eigenvalue weighted by Gasteiger charge is -2.41. The molecule has 2 aliphatic rings. The van der Waals surface area contributed by atoms with E-state index in [0.29, 0.717) is 30.2 Å². The second kappa shape index (κ2) is 9.36. The largest absolute Gasteiger partial charge is 0.495 e. The van der Waals surface area contributed by atoms with Gasteiger partial charge in [-0.1, -0.05) is 58.4 Å². The van der Waals surface area contributed by atoms with Gasteiger partial charge in [0.2, 0.25) is 0 Å². The van der Waals surface area contributed by atoms with Crippen LogP contribution in [0.4, 0.5) is 0 Å². The summed E-state index contributed by atoms with van der Waals surface area (Å²) in [5.41, 5.74) is -2.07. The summed E-state index contributed by atoms with van der Waals surface area (Å²) in [6, 6.07) is 17.5. The number of aliphatic hydroxyl groups excluding tert-OH is 1. The number of pyridine rings is 1. The maximum atomic E-state index is 12.8. The van der Waals surface area contributed by atoms with E-state index in [0.717, 1.165) is 15.6 Å². The molecule has 3 N–H and O–H groups in total. The van der Waals surface area contributed by atoms with Crippen LogP contribution in [0.5, 0.6) is 11.5 Å². The van der Waals surface area contributed by atoms with Crippen LogP contribution < -0.4 is 9.47 Å². The highest BCUT2D eigenvalue weighted by molar-refractivity contribution is 9.10. The first-order valence-corrected chi connectivity index (χ1v) is 13.2. The van der Waals surface area contributed by atoms with Crippen molar-refractivity contribution < 1.29 is 24.8 Å². The molecular formula is C29H33BrN2O5. The molecule has 5 atom stereocenters. The molecule has 1 saturated carbocycles. The number of methoxy groups -OCH3 is 1. The van der Waals surface area contributed by atoms with E-state index in [1.807, 2.05) is 66.5 Å². The Morgan fingerprint density at radius 3 is 2.41 bits per heavy atom. The van der Waals surface area contributed by atoms with E-state index in [9.17, 15) is 15.3 Å². The van der Waals surface area contributed by atoms with Gasteiger partial charge in [-0.05, 0) is 44.2 Å². The number of hydrogen-bond acceptors (Lipinski definition) is 7. The first-order valence-electron chi connectivity index (χ1n) is 12.4. The molecule has 37 heavy (non-hydrogen) atoms. The highest BCUT2D eigenvalue weighted by Gasteiger charge is 2.76. The summed E-state index contributed by atoms with van der Waals surface area (Å²) in [5, 5.41) is 35.4. The van der Waals surface area contributed by atoms with E-state index < -0.39 is 34.7 Å². The van der Waals surface area contributed by atoms with E-state index in [2.05, 4.69) is 20.9 Å². The van der Waals surface area contributed by atoms with Crippen molar-refractivity contribution in [2.45, 2.75) is 42.7 Å². The lowest BCUT2D eigenvalue weighted by atomic mass is 9.70. The van der Waals surface area contributed by atoms with E-state index in [1.54, 1.807) is 20.0 Å². The van der Waals surface area contributed by atoms with Gasteiger partial charge in [0.05, 0.1) is 36.8 Å². The highest BCUT2D eigenvalue weighted by atomic mass is 79.9. The minimum atomic E-state index is -1.84. The molecule has 0 unspecified atom stereocenters. The van der Waals surface area contributed by atoms with Crippen molar-refractivity contribution in [1.29, 1.82) is 0 Å². The van der Waals surface area contributed by atoms with Crippen molar-refractivity contribution >= 4 is 15.9 Å². The zero-order valence-electron chi connectivity index (χ0n) is 21.4. The molecule has 5 rings (SSSR count). The number of rotatable bonds is 7. The molecule has 2 aromatic carbocycles. The summed E-state index contributed by atoms with van der Waals surface area (Å²) in [7, 11) is 3.43. The van der Waals surface area contributed by atoms with Gasteiger partial charge >= 0.3 is 0 Å². The molecule has 2 heterocycles. The van der Waals surface area contributed by atoms with Crippen LogP contribution in [0, 0.1) is 5.92 Å². The van der Waals surface area contributed by atoms with Crippen LogP contribution >= 0.6 is 15.9 Å². The Hall–Kier alpha value is -2.49. The predicted octanol–water partition coefficient (Wildman–Crippen LogP) is 3.81. The van der Waals surface area contributed by atoms with E-state index >= 15 is 0 Å². The first-order chi connectivity index (χ1) is 17.5. The SMILES string of the molecule is COc1cncc2c1[C@]1(O)[C@H](O)[C@H](CN(C)CC(C)(C)O)[C@@H](c3ccccc3)[C@]1(c1ccc(Br)cc1)O2. The minimum Gasteiger partial charge on any atom is -0.495 e. The van der Waals surface area contributed by atoms with Crippen molar-refractivity contribution in [3.63, 3.8) is 0 Å². The Bertz CT molecular complexity index is 1270. The number of likely N-dealkylation sites (N-methyl/N-ethyl adjacent to an activating group) is 1. The van der Waals surface area contributed by atoms with Crippen molar-refractivity contribution in [2.75, 3.05) is 27.2 Å². The number of nitrogens with zero attached hydrogens (tertiary/aromatic N) is 2. The Balaban J connectivity index is 1.77. The Labute approximate surface area is 225 Å². The van der Waals surface area contributed by atoms with Crippen LogP contribution in [-0.4, -0.2) is 64.2 Å². The molecule has 7 nitrogen and oxygen atoms in total. The van der Waals surface area contributed by atoms with Gasteiger partial charge in [-0.25, -0.2) is 0 Å². The van der Waals surface area contributed by atoms with Crippen molar-refractivity contribution in [3.05, 3.63) is 88.2 Å². The highest BCUT2D eigenvalue weighted by Crippen LogP contribution is 2.69. The number of aliphatic hydroxyl groups is 3. The van der Waals surface area contributed by atoms with Crippen LogP contribution in [0.2, 0.25) is 0 Å². The molecule has 1 aliphatic heterocycles. The van der Waals surface area contributed by atoms with Gasteiger partial charge in [-0.15, -0.1) is 0 Å². The summed E-state index contributed by atoms with van der Waals surface area (Å²) in [5.74, 6) is -0.158. The minimum absolute atomic E-state index is 0.357. The quantitative estimate of drug-likeness (QED) is 0.399. The molecule has 1 fully saturated rings. The number of fused-ring (bicyclic) bond motifs is 3. The zero-order chi connectivity index (χ0) is 26.6. The summed E-state index contributed by atoms with van der Waals surface area (Å²) < 4.78 is 13.3. The third-order valence-electron chi connectivity index (χ3n) is 7.63. The average Bonchev–Trinajstić information content (AvgIpc) is 3.22. The number of aromatic nitrogens is 1. The molecule has 0 amide bonds. The molecule has 0 spiro atoms. The van der Waals surface area contributed by atoms with Crippen molar-refractivity contribution in [2.24, 2.45) is 5.92 Å². The van der Waals surface area contributed by atoms with Gasteiger partial charge in [-0.3, -0.25) is 4.98 Å². The van der Waals surface area contributed by atoms with E-state index in [4.69, 9.17) is 9.47 Å². The van der Waals surface area contributed by atoms with Gasteiger partial charge in [-0.2, -0.15) is 0 Å². The number of ether oxygens (including phenoxy) is 2. The molecule has 8 heteroatoms. The fourth-order valence-electron chi connectivity index (χ4n) is 6.52. The summed E-state index contributed by atoms with van der Waals surface area (Å²) >= 11 is 3.52. The van der Waals surface area contributed by atoms with Crippen LogP contribution in [-0.2, 0) is 11.2 Å². The normalized spacial score (nSPS) is 28.6. The molecular weight excluding hydrogens is 536 g/mol. The van der Waals surface area contributed by atoms with Gasteiger partial charge in [0.25, 0.3) is 0 Å². The van der Waals surface area contributed by atoms with Gasteiger partial charge in [0.1, 0.15) is 11.5 Å². The van der Waals surface area contributed by atoms with Crippen molar-refractivity contribution in [3.8, 4) is 11.5 Å². The van der Waals surface area contributed by atoms with E-state index in [1.165, 1.54) is 13.3 Å². The third-order valence-corrected chi connectivity index (χ3v) is 8.15. The molecule has 196 valence electrons. The number of benzene rings is 2. The maximum absolute atomic E-state index is 12.8. The van der Waals surface area contributed by atoms with E-state index in [-0.39, 0.29) is 0 Å². The van der Waals surface area contributed by atoms with Crippen molar-refractivity contribution in [1.82, 2.24) is 9.88 Å². The Morgan fingerprint density at radius 2 is 1.78 bits per heavy atom. The molecule has 0 bridgehead atoms.